The van der Waals surface area contributed by atoms with Crippen LogP contribution in [0.15, 0.2) is 30.5 Å². The molecule has 2 heterocycles. The molecule has 2 aliphatic rings. The van der Waals surface area contributed by atoms with Crippen molar-refractivity contribution in [3.8, 4) is 0 Å². The lowest BCUT2D eigenvalue weighted by atomic mass is 9.75. The number of anilines is 1. The topological polar surface area (TPSA) is 49.4 Å². The molecule has 3 rings (SSSR count). The van der Waals surface area contributed by atoms with Crippen LogP contribution in [-0.4, -0.2) is 17.9 Å². The Bertz CT molecular complexity index is 740. The number of nitrogens with zero attached hydrogens (tertiary/aromatic N) is 1. The molecule has 0 aliphatic carbocycles. The van der Waals surface area contributed by atoms with Crippen LogP contribution in [-0.2, 0) is 20.4 Å². The highest BCUT2D eigenvalue weighted by atomic mass is 16.2. The molecule has 0 spiro atoms. The van der Waals surface area contributed by atoms with Crippen LogP contribution in [0.5, 0.6) is 0 Å². The summed E-state index contributed by atoms with van der Waals surface area (Å²) in [6.07, 6.45) is 1.32. The SMILES string of the molecule is C=C1CCC(N2C(=O)C(C)(C)c3c2cccc3C(C)(C)C)C(=O)N1. The summed E-state index contributed by atoms with van der Waals surface area (Å²) in [5, 5.41) is 2.80. The van der Waals surface area contributed by atoms with Gasteiger partial charge in [-0.3, -0.25) is 14.5 Å². The van der Waals surface area contributed by atoms with E-state index < -0.39 is 11.5 Å². The number of nitrogens with one attached hydrogen (secondary N) is 1. The summed E-state index contributed by atoms with van der Waals surface area (Å²) in [6, 6.07) is 5.59. The van der Waals surface area contributed by atoms with Gasteiger partial charge >= 0.3 is 0 Å². The number of amides is 2. The third-order valence-electron chi connectivity index (χ3n) is 5.12. The molecule has 1 atom stereocenters. The zero-order chi connectivity index (χ0) is 17.9. The van der Waals surface area contributed by atoms with Crippen molar-refractivity contribution in [3.63, 3.8) is 0 Å². The third kappa shape index (κ3) is 2.36. The lowest BCUT2D eigenvalue weighted by molar-refractivity contribution is -0.128. The molecular formula is C20H26N2O2. The predicted molar refractivity (Wildman–Crippen MR) is 96.0 cm³/mol. The van der Waals surface area contributed by atoms with Gasteiger partial charge in [-0.05, 0) is 49.3 Å². The van der Waals surface area contributed by atoms with Crippen molar-refractivity contribution in [1.82, 2.24) is 5.32 Å². The summed E-state index contributed by atoms with van der Waals surface area (Å²) in [7, 11) is 0. The van der Waals surface area contributed by atoms with Crippen LogP contribution in [0.3, 0.4) is 0 Å². The van der Waals surface area contributed by atoms with E-state index in [1.54, 1.807) is 4.90 Å². The minimum atomic E-state index is -0.631. The molecule has 1 fully saturated rings. The number of carbonyl (C=O) groups is 2. The number of rotatable bonds is 1. The molecule has 1 aromatic carbocycles. The van der Waals surface area contributed by atoms with Crippen LogP contribution in [0.2, 0.25) is 0 Å². The number of hydrogen-bond donors (Lipinski definition) is 1. The highest BCUT2D eigenvalue weighted by Crippen LogP contribution is 2.48. The summed E-state index contributed by atoms with van der Waals surface area (Å²) < 4.78 is 0. The van der Waals surface area contributed by atoms with Crippen LogP contribution >= 0.6 is 0 Å². The van der Waals surface area contributed by atoms with Crippen LogP contribution < -0.4 is 10.2 Å². The van der Waals surface area contributed by atoms with Crippen LogP contribution in [0, 0.1) is 0 Å². The predicted octanol–water partition coefficient (Wildman–Crippen LogP) is 3.40. The molecule has 1 aromatic rings. The van der Waals surface area contributed by atoms with Gasteiger partial charge in [-0.1, -0.05) is 39.5 Å². The van der Waals surface area contributed by atoms with Crippen LogP contribution in [0.25, 0.3) is 0 Å². The normalized spacial score (nSPS) is 23.3. The van der Waals surface area contributed by atoms with Crippen molar-refractivity contribution >= 4 is 17.5 Å². The van der Waals surface area contributed by atoms with Crippen molar-refractivity contribution in [3.05, 3.63) is 41.6 Å². The van der Waals surface area contributed by atoms with E-state index in [0.717, 1.165) is 16.9 Å². The maximum absolute atomic E-state index is 13.2. The summed E-state index contributed by atoms with van der Waals surface area (Å²) in [5.74, 6) is -0.133. The van der Waals surface area contributed by atoms with Gasteiger partial charge in [0.1, 0.15) is 6.04 Å². The average Bonchev–Trinajstić information content (AvgIpc) is 2.67. The number of fused-ring (bicyclic) bond motifs is 1. The molecule has 24 heavy (non-hydrogen) atoms. The quantitative estimate of drug-likeness (QED) is 0.860. The number of carbonyl (C=O) groups excluding carboxylic acids is 2. The highest BCUT2D eigenvalue weighted by molar-refractivity contribution is 6.12. The smallest absolute Gasteiger partial charge is 0.247 e. The van der Waals surface area contributed by atoms with Gasteiger partial charge in [-0.2, -0.15) is 0 Å². The Morgan fingerprint density at radius 2 is 1.92 bits per heavy atom. The molecule has 0 radical (unpaired) electrons. The van der Waals surface area contributed by atoms with Crippen LogP contribution in [0.4, 0.5) is 5.69 Å². The fraction of sp³-hybridized carbons (Fsp3) is 0.500. The first-order chi connectivity index (χ1) is 11.0. The summed E-state index contributed by atoms with van der Waals surface area (Å²) >= 11 is 0. The summed E-state index contributed by atoms with van der Waals surface area (Å²) in [4.78, 5) is 27.4. The van der Waals surface area contributed by atoms with Gasteiger partial charge in [0.25, 0.3) is 0 Å². The van der Waals surface area contributed by atoms with Gasteiger partial charge in [-0.15, -0.1) is 0 Å². The van der Waals surface area contributed by atoms with Crippen molar-refractivity contribution < 1.29 is 9.59 Å². The molecule has 0 saturated carbocycles. The Morgan fingerprint density at radius 3 is 2.50 bits per heavy atom. The first-order valence-electron chi connectivity index (χ1n) is 8.51. The largest absolute Gasteiger partial charge is 0.329 e. The van der Waals surface area contributed by atoms with E-state index in [-0.39, 0.29) is 17.2 Å². The Morgan fingerprint density at radius 1 is 1.25 bits per heavy atom. The Kier molecular flexibility index (Phi) is 3.63. The van der Waals surface area contributed by atoms with E-state index in [1.807, 2.05) is 26.0 Å². The first kappa shape index (κ1) is 16.7. The fourth-order valence-electron chi connectivity index (χ4n) is 3.86. The number of hydrogen-bond acceptors (Lipinski definition) is 2. The first-order valence-corrected chi connectivity index (χ1v) is 8.51. The van der Waals surface area contributed by atoms with E-state index >= 15 is 0 Å². The monoisotopic (exact) mass is 326 g/mol. The molecule has 4 heteroatoms. The summed E-state index contributed by atoms with van der Waals surface area (Å²) in [5.41, 5.74) is 3.13. The van der Waals surface area contributed by atoms with Gasteiger partial charge < -0.3 is 5.32 Å². The second-order valence-electron chi connectivity index (χ2n) is 8.40. The number of benzene rings is 1. The lowest BCUT2D eigenvalue weighted by Crippen LogP contribution is -2.52. The average molecular weight is 326 g/mol. The van der Waals surface area contributed by atoms with E-state index in [0.29, 0.717) is 12.8 Å². The molecule has 4 nitrogen and oxygen atoms in total. The maximum Gasteiger partial charge on any atom is 0.247 e. The van der Waals surface area contributed by atoms with E-state index in [4.69, 9.17) is 0 Å². The van der Waals surface area contributed by atoms with Crippen LogP contribution in [0.1, 0.15) is 58.6 Å². The highest BCUT2D eigenvalue weighted by Gasteiger charge is 2.50. The number of allylic oxidation sites excluding steroid dienone is 1. The van der Waals surface area contributed by atoms with Crippen molar-refractivity contribution in [2.45, 2.75) is 64.3 Å². The Labute approximate surface area is 143 Å². The van der Waals surface area contributed by atoms with E-state index in [1.165, 1.54) is 5.56 Å². The van der Waals surface area contributed by atoms with Gasteiger partial charge in [-0.25, -0.2) is 0 Å². The zero-order valence-corrected chi connectivity index (χ0v) is 15.2. The van der Waals surface area contributed by atoms with E-state index in [9.17, 15) is 9.59 Å². The molecule has 1 unspecified atom stereocenters. The molecule has 128 valence electrons. The van der Waals surface area contributed by atoms with E-state index in [2.05, 4.69) is 38.7 Å². The van der Waals surface area contributed by atoms with Crippen molar-refractivity contribution in [1.29, 1.82) is 0 Å². The molecular weight excluding hydrogens is 300 g/mol. The number of piperidine rings is 1. The lowest BCUT2D eigenvalue weighted by Gasteiger charge is -2.32. The second-order valence-corrected chi connectivity index (χ2v) is 8.40. The summed E-state index contributed by atoms with van der Waals surface area (Å²) in [6.45, 7) is 14.2. The minimum absolute atomic E-state index is 0.00172. The molecule has 2 amide bonds. The standard InChI is InChI=1S/C20H26N2O2/c1-12-10-11-15(17(23)21-12)22-14-9-7-8-13(19(2,3)4)16(14)20(5,6)18(22)24/h7-9,15H,1,10-11H2,2-6H3,(H,21,23). The van der Waals surface area contributed by atoms with Gasteiger partial charge in [0.15, 0.2) is 0 Å². The zero-order valence-electron chi connectivity index (χ0n) is 15.2. The Hall–Kier alpha value is -2.10. The maximum atomic E-state index is 13.2. The Balaban J connectivity index is 2.15. The molecule has 0 aromatic heterocycles. The molecule has 2 aliphatic heterocycles. The molecule has 1 saturated heterocycles. The minimum Gasteiger partial charge on any atom is -0.329 e. The third-order valence-corrected chi connectivity index (χ3v) is 5.12. The molecule has 1 N–H and O–H groups in total. The van der Waals surface area contributed by atoms with Crippen molar-refractivity contribution in [2.75, 3.05) is 4.90 Å². The van der Waals surface area contributed by atoms with Gasteiger partial charge in [0.05, 0.1) is 5.41 Å². The van der Waals surface area contributed by atoms with Gasteiger partial charge in [0.2, 0.25) is 11.8 Å². The second kappa shape index (κ2) is 5.20. The molecule has 0 bridgehead atoms. The van der Waals surface area contributed by atoms with Crippen molar-refractivity contribution in [2.24, 2.45) is 0 Å². The fourth-order valence-corrected chi connectivity index (χ4v) is 3.86. The van der Waals surface area contributed by atoms with Gasteiger partial charge in [0, 0.05) is 11.4 Å².